The minimum Gasteiger partial charge on any atom is -0.480 e. The molecule has 13 heavy (non-hydrogen) atoms. The van der Waals surface area contributed by atoms with Crippen LogP contribution in [0.15, 0.2) is 0 Å². The Labute approximate surface area is 83.5 Å². The van der Waals surface area contributed by atoms with Crippen molar-refractivity contribution in [2.24, 2.45) is 5.92 Å². The van der Waals surface area contributed by atoms with Crippen molar-refractivity contribution in [3.63, 3.8) is 0 Å². The zero-order chi connectivity index (χ0) is 10.4. The number of carboxylic acid groups (broad SMARTS) is 1. The third kappa shape index (κ3) is 5.93. The van der Waals surface area contributed by atoms with E-state index < -0.39 is 5.97 Å². The first-order valence-corrected chi connectivity index (χ1v) is 5.52. The van der Waals surface area contributed by atoms with Gasteiger partial charge in [-0.3, -0.25) is 4.79 Å². The van der Waals surface area contributed by atoms with E-state index in [0.29, 0.717) is 12.2 Å². The fourth-order valence-electron chi connectivity index (χ4n) is 0.914. The van der Waals surface area contributed by atoms with E-state index in [2.05, 4.69) is 0 Å². The molecule has 0 amide bonds. The van der Waals surface area contributed by atoms with Crippen LogP contribution in [0.25, 0.3) is 0 Å². The van der Waals surface area contributed by atoms with Crippen LogP contribution < -0.4 is 0 Å². The van der Waals surface area contributed by atoms with Crippen molar-refractivity contribution in [3.05, 3.63) is 0 Å². The number of hydrogen-bond donors (Lipinski definition) is 2. The highest BCUT2D eigenvalue weighted by molar-refractivity contribution is 8.00. The zero-order valence-electron chi connectivity index (χ0n) is 8.36. The molecule has 0 saturated carbocycles. The van der Waals surface area contributed by atoms with Gasteiger partial charge in [0.25, 0.3) is 0 Å². The van der Waals surface area contributed by atoms with Crippen molar-refractivity contribution in [2.45, 2.75) is 38.5 Å². The van der Waals surface area contributed by atoms with Crippen LogP contribution in [0.3, 0.4) is 0 Å². The Hall–Kier alpha value is -0.220. The molecule has 0 radical (unpaired) electrons. The van der Waals surface area contributed by atoms with Gasteiger partial charge in [-0.1, -0.05) is 13.8 Å². The summed E-state index contributed by atoms with van der Waals surface area (Å²) in [7, 11) is 0. The summed E-state index contributed by atoms with van der Waals surface area (Å²) in [5.41, 5.74) is 0. The van der Waals surface area contributed by atoms with E-state index in [1.807, 2.05) is 13.8 Å². The topological polar surface area (TPSA) is 57.5 Å². The lowest BCUT2D eigenvalue weighted by Crippen LogP contribution is -2.23. The second kappa shape index (κ2) is 6.27. The second-order valence-electron chi connectivity index (χ2n) is 3.51. The molecule has 0 aliphatic carbocycles. The SMILES string of the molecule is CC(O)CCSC(C(=O)O)C(C)C. The molecule has 0 rings (SSSR count). The quantitative estimate of drug-likeness (QED) is 0.693. The average Bonchev–Trinajstić information content (AvgIpc) is 1.95. The maximum Gasteiger partial charge on any atom is 0.316 e. The summed E-state index contributed by atoms with van der Waals surface area (Å²) in [6.45, 7) is 5.51. The summed E-state index contributed by atoms with van der Waals surface area (Å²) in [6, 6.07) is 0. The van der Waals surface area contributed by atoms with Gasteiger partial charge in [-0.15, -0.1) is 11.8 Å². The van der Waals surface area contributed by atoms with Gasteiger partial charge in [-0.05, 0) is 25.0 Å². The highest BCUT2D eigenvalue weighted by Gasteiger charge is 2.21. The molecule has 2 unspecified atom stereocenters. The molecule has 0 heterocycles. The van der Waals surface area contributed by atoms with Crippen LogP contribution >= 0.6 is 11.8 Å². The van der Waals surface area contributed by atoms with E-state index in [4.69, 9.17) is 10.2 Å². The Morgan fingerprint density at radius 1 is 1.38 bits per heavy atom. The molecule has 0 fully saturated rings. The number of aliphatic carboxylic acids is 1. The van der Waals surface area contributed by atoms with Gasteiger partial charge in [0.1, 0.15) is 5.25 Å². The third-order valence-corrected chi connectivity index (χ3v) is 3.26. The Morgan fingerprint density at radius 2 is 1.92 bits per heavy atom. The summed E-state index contributed by atoms with van der Waals surface area (Å²) >= 11 is 1.41. The number of carboxylic acids is 1. The summed E-state index contributed by atoms with van der Waals surface area (Å²) < 4.78 is 0. The predicted octanol–water partition coefficient (Wildman–Crippen LogP) is 1.60. The van der Waals surface area contributed by atoms with E-state index in [0.717, 1.165) is 0 Å². The maximum absolute atomic E-state index is 10.7. The van der Waals surface area contributed by atoms with Gasteiger partial charge in [0, 0.05) is 0 Å². The summed E-state index contributed by atoms with van der Waals surface area (Å²) in [6.07, 6.45) is 0.315. The van der Waals surface area contributed by atoms with Gasteiger partial charge in [0.05, 0.1) is 6.10 Å². The van der Waals surface area contributed by atoms with E-state index in [1.54, 1.807) is 6.92 Å². The monoisotopic (exact) mass is 206 g/mol. The van der Waals surface area contributed by atoms with Gasteiger partial charge in [-0.25, -0.2) is 0 Å². The molecule has 0 aromatic carbocycles. The predicted molar refractivity (Wildman–Crippen MR) is 55.0 cm³/mol. The minimum absolute atomic E-state index is 0.136. The highest BCUT2D eigenvalue weighted by atomic mass is 32.2. The summed E-state index contributed by atoms with van der Waals surface area (Å²) in [5, 5.41) is 17.5. The van der Waals surface area contributed by atoms with Crippen molar-refractivity contribution in [3.8, 4) is 0 Å². The van der Waals surface area contributed by atoms with E-state index in [1.165, 1.54) is 11.8 Å². The van der Waals surface area contributed by atoms with Crippen LogP contribution in [-0.2, 0) is 4.79 Å². The van der Waals surface area contributed by atoms with Gasteiger partial charge in [0.15, 0.2) is 0 Å². The number of carbonyl (C=O) groups is 1. The minimum atomic E-state index is -0.759. The van der Waals surface area contributed by atoms with Crippen LogP contribution in [0.2, 0.25) is 0 Å². The van der Waals surface area contributed by atoms with Crippen molar-refractivity contribution in [2.75, 3.05) is 5.75 Å². The molecule has 4 heteroatoms. The first kappa shape index (κ1) is 12.8. The normalized spacial score (nSPS) is 15.8. The van der Waals surface area contributed by atoms with E-state index >= 15 is 0 Å². The van der Waals surface area contributed by atoms with Crippen LogP contribution in [0.4, 0.5) is 0 Å². The molecular weight excluding hydrogens is 188 g/mol. The number of rotatable bonds is 6. The number of hydrogen-bond acceptors (Lipinski definition) is 3. The van der Waals surface area contributed by atoms with Crippen LogP contribution in [0, 0.1) is 5.92 Å². The number of aliphatic hydroxyl groups is 1. The largest absolute Gasteiger partial charge is 0.480 e. The molecule has 0 spiro atoms. The fourth-order valence-corrected chi connectivity index (χ4v) is 2.17. The Balaban J connectivity index is 3.77. The fraction of sp³-hybridized carbons (Fsp3) is 0.889. The van der Waals surface area contributed by atoms with E-state index in [9.17, 15) is 4.79 Å². The summed E-state index contributed by atoms with van der Waals surface area (Å²) in [5.74, 6) is 0.0781. The molecular formula is C9H18O3S. The second-order valence-corrected chi connectivity index (χ2v) is 4.76. The van der Waals surface area contributed by atoms with Gasteiger partial charge >= 0.3 is 5.97 Å². The van der Waals surface area contributed by atoms with Gasteiger partial charge < -0.3 is 10.2 Å². The molecule has 2 N–H and O–H groups in total. The average molecular weight is 206 g/mol. The summed E-state index contributed by atoms with van der Waals surface area (Å²) in [4.78, 5) is 10.7. The van der Waals surface area contributed by atoms with Crippen LogP contribution in [-0.4, -0.2) is 33.3 Å². The molecule has 0 bridgehead atoms. The molecule has 3 nitrogen and oxygen atoms in total. The first-order valence-electron chi connectivity index (χ1n) is 4.47. The molecule has 0 aliphatic rings. The molecule has 2 atom stereocenters. The lowest BCUT2D eigenvalue weighted by molar-refractivity contribution is -0.137. The third-order valence-electron chi connectivity index (χ3n) is 1.68. The highest BCUT2D eigenvalue weighted by Crippen LogP contribution is 2.20. The maximum atomic E-state index is 10.7. The molecule has 0 saturated heterocycles. The van der Waals surface area contributed by atoms with Crippen molar-refractivity contribution in [1.82, 2.24) is 0 Å². The smallest absolute Gasteiger partial charge is 0.316 e. The first-order chi connectivity index (χ1) is 5.95. The molecule has 78 valence electrons. The van der Waals surface area contributed by atoms with Crippen LogP contribution in [0.5, 0.6) is 0 Å². The van der Waals surface area contributed by atoms with Gasteiger partial charge in [0.2, 0.25) is 0 Å². The Morgan fingerprint density at radius 3 is 2.23 bits per heavy atom. The number of thioether (sulfide) groups is 1. The molecule has 0 aromatic heterocycles. The van der Waals surface area contributed by atoms with Gasteiger partial charge in [-0.2, -0.15) is 0 Å². The van der Waals surface area contributed by atoms with Crippen molar-refractivity contribution >= 4 is 17.7 Å². The standard InChI is InChI=1S/C9H18O3S/c1-6(2)8(9(11)12)13-5-4-7(3)10/h6-8,10H,4-5H2,1-3H3,(H,11,12). The lowest BCUT2D eigenvalue weighted by Gasteiger charge is -2.15. The Kier molecular flexibility index (Phi) is 6.16. The lowest BCUT2D eigenvalue weighted by atomic mass is 10.1. The number of aliphatic hydroxyl groups excluding tert-OH is 1. The van der Waals surface area contributed by atoms with Crippen molar-refractivity contribution in [1.29, 1.82) is 0 Å². The molecule has 0 aromatic rings. The molecule has 0 aliphatic heterocycles. The zero-order valence-corrected chi connectivity index (χ0v) is 9.17. The van der Waals surface area contributed by atoms with Crippen molar-refractivity contribution < 1.29 is 15.0 Å². The van der Waals surface area contributed by atoms with E-state index in [-0.39, 0.29) is 17.3 Å². The van der Waals surface area contributed by atoms with Crippen LogP contribution in [0.1, 0.15) is 27.2 Å². The Bertz CT molecular complexity index is 157.